The van der Waals surface area contributed by atoms with Gasteiger partial charge in [0.15, 0.2) is 11.5 Å². The van der Waals surface area contributed by atoms with Crippen LogP contribution in [-0.2, 0) is 30.4 Å². The molecule has 0 saturated carbocycles. The molecule has 0 heterocycles. The van der Waals surface area contributed by atoms with E-state index in [-0.39, 0.29) is 149 Å². The number of hydrogen-bond acceptors (Lipinski definition) is 17. The Bertz CT molecular complexity index is 3360. The fraction of sp³-hybridized carbons (Fsp3) is 0.0263. The third-order valence-electron chi connectivity index (χ3n) is 8.89. The Balaban J connectivity index is 0.00000290. The fourth-order valence-electron chi connectivity index (χ4n) is 6.21. The van der Waals surface area contributed by atoms with Crippen LogP contribution in [0.3, 0.4) is 0 Å². The summed E-state index contributed by atoms with van der Waals surface area (Å²) in [4.78, 5) is 10.7. The molecule has 0 aliphatic carbocycles. The number of hydrogen-bond donors (Lipinski definition) is 4. The maximum Gasteiger partial charge on any atom is 1.00 e. The Morgan fingerprint density at radius 3 is 1.44 bits per heavy atom. The van der Waals surface area contributed by atoms with Crippen LogP contribution in [0.4, 0.5) is 38.9 Å². The quantitative estimate of drug-likeness (QED) is 0.0710. The zero-order valence-electron chi connectivity index (χ0n) is 33.3. The Labute approximate surface area is 424 Å². The molecule has 7 aromatic carbocycles. The number of phenolic OH excluding ortho intramolecular Hbond substituents is 2. The molecule has 0 saturated heterocycles. The van der Waals surface area contributed by atoms with E-state index in [1.54, 1.807) is 18.2 Å². The maximum atomic E-state index is 13.1. The van der Waals surface area contributed by atoms with Gasteiger partial charge in [0.25, 0.3) is 0 Å². The first kappa shape index (κ1) is 51.6. The van der Waals surface area contributed by atoms with Crippen LogP contribution in [0.5, 0.6) is 17.2 Å². The molecule has 0 spiro atoms. The number of carbonyl (C=O) groups excluding carboxylic acids is 1. The zero-order valence-corrected chi connectivity index (χ0v) is 41.7. The molecule has 306 valence electrons. The summed E-state index contributed by atoms with van der Waals surface area (Å²) in [6.45, 7) is 0. The van der Waals surface area contributed by atoms with Gasteiger partial charge in [0.2, 0.25) is 0 Å². The molecule has 4 N–H and O–H groups in total. The van der Waals surface area contributed by atoms with Crippen molar-refractivity contribution in [2.24, 2.45) is 20.5 Å². The number of nitrogens with one attached hydrogen (secondary N) is 2. The van der Waals surface area contributed by atoms with Crippen LogP contribution >= 0.6 is 0 Å². The number of urea groups is 1. The summed E-state index contributed by atoms with van der Waals surface area (Å²) in [6, 6.07) is 23.1. The number of carbonyl (C=O) groups is 1. The number of methoxy groups -OCH3 is 1. The monoisotopic (exact) mass is 938 g/mol. The molecule has 25 heteroatoms. The normalized spacial score (nSPS) is 11.9. The Hall–Kier alpha value is -4.08. The minimum absolute atomic E-state index is 0. The number of phenols is 2. The standard InChI is InChI=1S/C38H28N6O13S3.3Na/c1-57-30-9-5-4-8-29(30)42-44-35-33(60(54,55)56)19-21-17-23(11-13-25(21)37(35)46)40-38(47)39-22-10-12-24-20(16-22)18-32(59(51,52)53)34(36(24)45)43-41-28-14-15-31(58(48,49)50)27-7-3-2-6-26(27)28;;;/h2-19,45-46H,1H3,(H2,39,40,47)(H,48,49,50)(H,51,52,53)(H,54,55,56);;;/q;3*+1/p-3. The number of benzene rings is 7. The SMILES string of the molecule is COc1ccccc1N=Nc1c(S(=O)(=O)[O-])cc2cc(NC(=O)Nc3ccc4c(O)c(N=Nc5ccc(S(=O)(=O)[O-])c6ccccc56)c(S(=O)(=O)[O-])cc4c3)ccc2c1O.[Na+].[Na+].[Na+]. The van der Waals surface area contributed by atoms with Gasteiger partial charge >= 0.3 is 94.7 Å². The molecule has 7 aromatic rings. The maximum absolute atomic E-state index is 13.1. The second kappa shape index (κ2) is 20.4. The van der Waals surface area contributed by atoms with Gasteiger partial charge in [-0.05, 0) is 83.6 Å². The van der Waals surface area contributed by atoms with Crippen molar-refractivity contribution in [1.29, 1.82) is 0 Å². The summed E-state index contributed by atoms with van der Waals surface area (Å²) >= 11 is 0. The molecule has 0 atom stereocenters. The topological polar surface area (TPSA) is 312 Å². The fourth-order valence-corrected chi connectivity index (χ4v) is 8.18. The van der Waals surface area contributed by atoms with Crippen LogP contribution in [0.1, 0.15) is 0 Å². The van der Waals surface area contributed by atoms with Gasteiger partial charge in [0.05, 0.1) is 27.5 Å². The van der Waals surface area contributed by atoms with E-state index >= 15 is 0 Å². The van der Waals surface area contributed by atoms with Crippen LogP contribution in [0.25, 0.3) is 32.3 Å². The first-order valence-electron chi connectivity index (χ1n) is 16.9. The van der Waals surface area contributed by atoms with Gasteiger partial charge in [-0.25, -0.2) is 30.0 Å². The van der Waals surface area contributed by atoms with Crippen molar-refractivity contribution in [3.05, 3.63) is 109 Å². The third kappa shape index (κ3) is 11.2. The number of para-hydroxylation sites is 1. The van der Waals surface area contributed by atoms with E-state index in [2.05, 4.69) is 31.1 Å². The van der Waals surface area contributed by atoms with E-state index in [1.165, 1.54) is 73.8 Å². The molecule has 2 amide bonds. The summed E-state index contributed by atoms with van der Waals surface area (Å²) in [6.07, 6.45) is 0. The van der Waals surface area contributed by atoms with Crippen LogP contribution < -0.4 is 104 Å². The number of fused-ring (bicyclic) bond motifs is 3. The summed E-state index contributed by atoms with van der Waals surface area (Å²) in [7, 11) is -14.0. The van der Waals surface area contributed by atoms with Crippen molar-refractivity contribution < 1.29 is 147 Å². The van der Waals surface area contributed by atoms with Crippen molar-refractivity contribution in [2.45, 2.75) is 14.7 Å². The molecule has 63 heavy (non-hydrogen) atoms. The molecule has 0 bridgehead atoms. The van der Waals surface area contributed by atoms with Gasteiger partial charge in [-0.3, -0.25) is 0 Å². The molecule has 19 nitrogen and oxygen atoms in total. The van der Waals surface area contributed by atoms with Gasteiger partial charge in [-0.2, -0.15) is 0 Å². The molecular weight excluding hydrogens is 914 g/mol. The van der Waals surface area contributed by atoms with Crippen LogP contribution in [-0.4, -0.2) is 62.3 Å². The van der Waals surface area contributed by atoms with Gasteiger partial charge in [0.1, 0.15) is 53.2 Å². The van der Waals surface area contributed by atoms with E-state index in [0.29, 0.717) is 0 Å². The second-order valence-corrected chi connectivity index (χ2v) is 16.7. The first-order valence-corrected chi connectivity index (χ1v) is 21.1. The smallest absolute Gasteiger partial charge is 0.744 e. The van der Waals surface area contributed by atoms with Crippen LogP contribution in [0.15, 0.2) is 144 Å². The number of ether oxygens (including phenoxy) is 1. The number of aromatic hydroxyl groups is 2. The van der Waals surface area contributed by atoms with Crippen molar-refractivity contribution in [3.8, 4) is 17.2 Å². The zero-order chi connectivity index (χ0) is 43.1. The molecule has 0 aliphatic heterocycles. The van der Waals surface area contributed by atoms with E-state index in [4.69, 9.17) is 4.74 Å². The average molecular weight is 939 g/mol. The van der Waals surface area contributed by atoms with Crippen LogP contribution in [0, 0.1) is 0 Å². The summed E-state index contributed by atoms with van der Waals surface area (Å²) in [5.41, 5.74) is -1.07. The summed E-state index contributed by atoms with van der Waals surface area (Å²) < 4.78 is 114. The molecule has 0 unspecified atom stereocenters. The van der Waals surface area contributed by atoms with E-state index < -0.39 is 73.9 Å². The van der Waals surface area contributed by atoms with Crippen LogP contribution in [0.2, 0.25) is 0 Å². The second-order valence-electron chi connectivity index (χ2n) is 12.7. The predicted octanol–water partition coefficient (Wildman–Crippen LogP) is -1.23. The first-order chi connectivity index (χ1) is 28.3. The Kier molecular flexibility index (Phi) is 16.7. The van der Waals surface area contributed by atoms with Gasteiger partial charge in [-0.15, -0.1) is 20.5 Å². The van der Waals surface area contributed by atoms with E-state index in [0.717, 1.165) is 24.3 Å². The number of amides is 2. The minimum Gasteiger partial charge on any atom is -0.744 e. The molecule has 0 aromatic heterocycles. The molecule has 0 aliphatic rings. The van der Waals surface area contributed by atoms with E-state index in [1.807, 2.05) is 0 Å². The largest absolute Gasteiger partial charge is 1.00 e. The molecule has 7 rings (SSSR count). The number of azo groups is 2. The number of anilines is 2. The van der Waals surface area contributed by atoms with Gasteiger partial charge in [0, 0.05) is 32.9 Å². The third-order valence-corrected chi connectivity index (χ3v) is 11.5. The molecule has 0 fully saturated rings. The molecular formula is C38H25N6Na3O13S3. The van der Waals surface area contributed by atoms with Crippen molar-refractivity contribution in [2.75, 3.05) is 17.7 Å². The Morgan fingerprint density at radius 1 is 0.524 bits per heavy atom. The minimum atomic E-state index is -5.33. The van der Waals surface area contributed by atoms with Gasteiger partial charge in [-0.1, -0.05) is 36.4 Å². The van der Waals surface area contributed by atoms with E-state index in [9.17, 15) is 53.9 Å². The Morgan fingerprint density at radius 2 is 0.968 bits per heavy atom. The predicted molar refractivity (Wildman–Crippen MR) is 213 cm³/mol. The molecule has 0 radical (unpaired) electrons. The average Bonchev–Trinajstić information content (AvgIpc) is 3.18. The summed E-state index contributed by atoms with van der Waals surface area (Å²) in [5.74, 6) is -1.16. The van der Waals surface area contributed by atoms with Crippen molar-refractivity contribution >= 4 is 103 Å². The van der Waals surface area contributed by atoms with Gasteiger partial charge < -0.3 is 39.2 Å². The number of nitrogens with zero attached hydrogens (tertiary/aromatic N) is 4. The number of rotatable bonds is 10. The summed E-state index contributed by atoms with van der Waals surface area (Å²) in [5, 5.41) is 42.9. The van der Waals surface area contributed by atoms with Crippen molar-refractivity contribution in [1.82, 2.24) is 0 Å². The van der Waals surface area contributed by atoms with Crippen molar-refractivity contribution in [3.63, 3.8) is 0 Å².